The lowest BCUT2D eigenvalue weighted by molar-refractivity contribution is 0.190. The molecule has 0 spiro atoms. The summed E-state index contributed by atoms with van der Waals surface area (Å²) in [4.78, 5) is 23.9. The number of carbonyl (C=O) groups is 2. The molecule has 0 aromatic carbocycles. The summed E-state index contributed by atoms with van der Waals surface area (Å²) < 4.78 is 0. The number of rotatable bonds is 5. The highest BCUT2D eigenvalue weighted by molar-refractivity contribution is 8.14. The molecule has 0 aromatic rings. The first kappa shape index (κ1) is 14.7. The number of hydrogen-bond acceptors (Lipinski definition) is 5. The van der Waals surface area contributed by atoms with Crippen LogP contribution in [0.3, 0.4) is 0 Å². The molecule has 4 N–H and O–H groups in total. The van der Waals surface area contributed by atoms with Gasteiger partial charge in [0.25, 0.3) is 10.5 Å². The number of amides is 2. The molecule has 1 saturated heterocycles. The van der Waals surface area contributed by atoms with Crippen molar-refractivity contribution in [1.29, 1.82) is 0 Å². The van der Waals surface area contributed by atoms with Crippen LogP contribution < -0.4 is 11.5 Å². The van der Waals surface area contributed by atoms with Gasteiger partial charge in [-0.3, -0.25) is 14.5 Å². The maximum absolute atomic E-state index is 10.8. The molecular formula is C10H19N3O2S2. The Labute approximate surface area is 110 Å². The van der Waals surface area contributed by atoms with Gasteiger partial charge in [0.2, 0.25) is 0 Å². The number of carbonyl (C=O) groups excluding carboxylic acids is 2. The summed E-state index contributed by atoms with van der Waals surface area (Å²) >= 11 is 2.23. The molecule has 0 bridgehead atoms. The van der Waals surface area contributed by atoms with Crippen LogP contribution in [0.2, 0.25) is 0 Å². The van der Waals surface area contributed by atoms with Gasteiger partial charge in [0.05, 0.1) is 0 Å². The Morgan fingerprint density at radius 1 is 1.00 bits per heavy atom. The second-order valence-electron chi connectivity index (χ2n) is 4.01. The second kappa shape index (κ2) is 7.84. The van der Waals surface area contributed by atoms with Crippen LogP contribution in [0.1, 0.15) is 19.3 Å². The van der Waals surface area contributed by atoms with E-state index in [1.807, 2.05) is 0 Å². The van der Waals surface area contributed by atoms with E-state index in [0.717, 1.165) is 36.6 Å². The summed E-state index contributed by atoms with van der Waals surface area (Å²) in [6.07, 6.45) is 3.62. The van der Waals surface area contributed by atoms with Crippen molar-refractivity contribution in [2.45, 2.75) is 25.3 Å². The molecule has 0 atom stereocenters. The Morgan fingerprint density at radius 2 is 1.47 bits per heavy atom. The van der Waals surface area contributed by atoms with Crippen LogP contribution in [-0.4, -0.2) is 46.0 Å². The first-order chi connectivity index (χ1) is 8.09. The highest BCUT2D eigenvalue weighted by Gasteiger charge is 2.22. The van der Waals surface area contributed by atoms with E-state index < -0.39 is 0 Å². The number of nitrogens with two attached hydrogens (primary N) is 2. The number of nitrogens with zero attached hydrogens (tertiary/aromatic N) is 1. The third-order valence-electron chi connectivity index (χ3n) is 2.74. The molecule has 17 heavy (non-hydrogen) atoms. The smallest absolute Gasteiger partial charge is 0.276 e. The highest BCUT2D eigenvalue weighted by atomic mass is 32.2. The van der Waals surface area contributed by atoms with E-state index in [0.29, 0.717) is 11.5 Å². The number of hydrogen-bond donors (Lipinski definition) is 2. The van der Waals surface area contributed by atoms with Crippen LogP contribution in [0.25, 0.3) is 0 Å². The molecule has 7 heteroatoms. The fraction of sp³-hybridized carbons (Fsp3) is 0.800. The molecule has 1 rings (SSSR count). The Morgan fingerprint density at radius 3 is 1.88 bits per heavy atom. The monoisotopic (exact) mass is 277 g/mol. The van der Waals surface area contributed by atoms with Gasteiger partial charge in [-0.25, -0.2) is 0 Å². The molecule has 1 heterocycles. The van der Waals surface area contributed by atoms with E-state index in [1.54, 1.807) is 0 Å². The van der Waals surface area contributed by atoms with Crippen molar-refractivity contribution in [2.24, 2.45) is 11.5 Å². The number of piperidine rings is 1. The summed E-state index contributed by atoms with van der Waals surface area (Å²) in [6, 6.07) is 0.199. The normalized spacial score (nSPS) is 17.2. The maximum Gasteiger partial charge on any atom is 0.276 e. The Kier molecular flexibility index (Phi) is 6.76. The zero-order valence-corrected chi connectivity index (χ0v) is 11.4. The van der Waals surface area contributed by atoms with E-state index in [1.165, 1.54) is 19.3 Å². The highest BCUT2D eigenvalue weighted by Crippen LogP contribution is 2.19. The van der Waals surface area contributed by atoms with E-state index in [4.69, 9.17) is 11.5 Å². The molecule has 5 nitrogen and oxygen atoms in total. The third-order valence-corrected chi connectivity index (χ3v) is 4.41. The Hall–Kier alpha value is -0.400. The van der Waals surface area contributed by atoms with Crippen molar-refractivity contribution < 1.29 is 9.59 Å². The van der Waals surface area contributed by atoms with Crippen LogP contribution in [-0.2, 0) is 0 Å². The average molecular weight is 277 g/mol. The number of likely N-dealkylation sites (tertiary alicyclic amines) is 1. The molecule has 0 aliphatic carbocycles. The Balaban J connectivity index is 2.43. The van der Waals surface area contributed by atoms with Gasteiger partial charge in [0.15, 0.2) is 0 Å². The molecule has 2 amide bonds. The minimum atomic E-state index is -0.365. The van der Waals surface area contributed by atoms with E-state index >= 15 is 0 Å². The molecule has 0 unspecified atom stereocenters. The minimum Gasteiger partial charge on any atom is -0.361 e. The molecular weight excluding hydrogens is 258 g/mol. The lowest BCUT2D eigenvalue weighted by Crippen LogP contribution is -2.43. The van der Waals surface area contributed by atoms with Gasteiger partial charge in [0, 0.05) is 17.5 Å². The van der Waals surface area contributed by atoms with Gasteiger partial charge in [0.1, 0.15) is 0 Å². The van der Waals surface area contributed by atoms with Gasteiger partial charge in [-0.2, -0.15) is 0 Å². The molecule has 0 aromatic heterocycles. The van der Waals surface area contributed by atoms with Crippen molar-refractivity contribution in [2.75, 3.05) is 24.6 Å². The minimum absolute atomic E-state index is 0.199. The van der Waals surface area contributed by atoms with Crippen molar-refractivity contribution in [3.05, 3.63) is 0 Å². The average Bonchev–Trinajstić information content (AvgIpc) is 2.29. The van der Waals surface area contributed by atoms with Crippen LogP contribution in [0, 0.1) is 0 Å². The summed E-state index contributed by atoms with van der Waals surface area (Å²) in [5.41, 5.74) is 10.3. The number of thioether (sulfide) groups is 2. The fourth-order valence-corrected chi connectivity index (χ4v) is 3.42. The Bertz CT molecular complexity index is 252. The predicted octanol–water partition coefficient (Wildman–Crippen LogP) is 1.46. The lowest BCUT2D eigenvalue weighted by Gasteiger charge is -2.33. The summed E-state index contributed by atoms with van der Waals surface area (Å²) in [5.74, 6) is 1.27. The molecule has 0 saturated carbocycles. The predicted molar refractivity (Wildman–Crippen MR) is 73.3 cm³/mol. The zero-order chi connectivity index (χ0) is 12.7. The van der Waals surface area contributed by atoms with Gasteiger partial charge >= 0.3 is 0 Å². The van der Waals surface area contributed by atoms with Gasteiger partial charge in [-0.05, 0) is 25.9 Å². The largest absolute Gasteiger partial charge is 0.361 e. The first-order valence-corrected chi connectivity index (χ1v) is 7.65. The van der Waals surface area contributed by atoms with E-state index in [9.17, 15) is 9.59 Å². The maximum atomic E-state index is 10.8. The van der Waals surface area contributed by atoms with Gasteiger partial charge in [-0.15, -0.1) is 0 Å². The first-order valence-electron chi connectivity index (χ1n) is 5.68. The standard InChI is InChI=1S/C10H19N3O2S2/c11-9(14)16-6-8(7-17-10(12)15)13-4-2-1-3-5-13/h8H,1-7H2,(H2,11,14)(H2,12,15). The molecule has 1 fully saturated rings. The van der Waals surface area contributed by atoms with Crippen molar-refractivity contribution in [1.82, 2.24) is 4.90 Å². The topological polar surface area (TPSA) is 89.4 Å². The summed E-state index contributed by atoms with van der Waals surface area (Å²) in [5, 5.41) is -0.729. The summed E-state index contributed by atoms with van der Waals surface area (Å²) in [6.45, 7) is 2.06. The van der Waals surface area contributed by atoms with E-state index in [2.05, 4.69) is 4.90 Å². The van der Waals surface area contributed by atoms with Crippen LogP contribution in [0.5, 0.6) is 0 Å². The quantitative estimate of drug-likeness (QED) is 0.794. The second-order valence-corrected chi connectivity index (χ2v) is 6.06. The van der Waals surface area contributed by atoms with Crippen molar-refractivity contribution >= 4 is 34.0 Å². The van der Waals surface area contributed by atoms with Crippen molar-refractivity contribution in [3.63, 3.8) is 0 Å². The SMILES string of the molecule is NC(=O)SCC(CSC(N)=O)N1CCCCC1. The van der Waals surface area contributed by atoms with Gasteiger partial charge in [-0.1, -0.05) is 29.9 Å². The van der Waals surface area contributed by atoms with Gasteiger partial charge < -0.3 is 11.5 Å². The van der Waals surface area contributed by atoms with E-state index in [-0.39, 0.29) is 16.5 Å². The fourth-order valence-electron chi connectivity index (χ4n) is 1.90. The molecule has 0 radical (unpaired) electrons. The van der Waals surface area contributed by atoms with Crippen molar-refractivity contribution in [3.8, 4) is 0 Å². The van der Waals surface area contributed by atoms with Crippen LogP contribution in [0.4, 0.5) is 9.59 Å². The zero-order valence-electron chi connectivity index (χ0n) is 9.76. The molecule has 1 aliphatic heterocycles. The van der Waals surface area contributed by atoms with Crippen LogP contribution in [0.15, 0.2) is 0 Å². The number of primary amides is 2. The van der Waals surface area contributed by atoms with Crippen LogP contribution >= 0.6 is 23.5 Å². The lowest BCUT2D eigenvalue weighted by atomic mass is 10.1. The summed E-state index contributed by atoms with van der Waals surface area (Å²) in [7, 11) is 0. The molecule has 1 aliphatic rings. The molecule has 98 valence electrons. The third kappa shape index (κ3) is 6.18.